The van der Waals surface area contributed by atoms with Crippen molar-refractivity contribution in [3.05, 3.63) is 72.2 Å². The molecule has 0 unspecified atom stereocenters. The molecule has 2 aromatic heterocycles. The summed E-state index contributed by atoms with van der Waals surface area (Å²) in [5, 5.41) is 4.41. The van der Waals surface area contributed by atoms with E-state index in [2.05, 4.69) is 26.1 Å². The van der Waals surface area contributed by atoms with Gasteiger partial charge in [0, 0.05) is 60.8 Å². The van der Waals surface area contributed by atoms with E-state index in [1.165, 1.54) is 12.1 Å². The fourth-order valence-electron chi connectivity index (χ4n) is 5.41. The van der Waals surface area contributed by atoms with Gasteiger partial charge in [0.1, 0.15) is 11.6 Å². The molecule has 0 saturated carbocycles. The standard InChI is InChI=1S/C29H25F2N5O/c1-2-17-13-33-14-23(28(17)32)18-3-4-25-22(11-18)29(36-7-5-27-26(16-36)34-6-8-37-27)24(15-35-25)19-9-20(30)12-21(31)10-19/h1,3-4,9-15,26-27,34H,5-8,16H2,(H2,32,33)/t26-,27-/m1/s1. The van der Waals surface area contributed by atoms with Crippen LogP contribution in [-0.4, -0.2) is 48.4 Å². The van der Waals surface area contributed by atoms with Crippen molar-refractivity contribution in [3.63, 3.8) is 0 Å². The zero-order chi connectivity index (χ0) is 25.5. The van der Waals surface area contributed by atoms with Crippen molar-refractivity contribution in [3.8, 4) is 34.6 Å². The van der Waals surface area contributed by atoms with Gasteiger partial charge in [0.15, 0.2) is 0 Å². The van der Waals surface area contributed by atoms with Crippen LogP contribution in [0.1, 0.15) is 12.0 Å². The number of aromatic nitrogens is 2. The first-order valence-corrected chi connectivity index (χ1v) is 12.2. The number of morpholine rings is 1. The van der Waals surface area contributed by atoms with Gasteiger partial charge in [-0.1, -0.05) is 12.0 Å². The van der Waals surface area contributed by atoms with Crippen LogP contribution in [0.5, 0.6) is 0 Å². The molecular weight excluding hydrogens is 472 g/mol. The highest BCUT2D eigenvalue weighted by Crippen LogP contribution is 2.41. The zero-order valence-electron chi connectivity index (χ0n) is 20.0. The number of terminal acetylenes is 1. The van der Waals surface area contributed by atoms with Gasteiger partial charge in [0.2, 0.25) is 0 Å². The fourth-order valence-corrected chi connectivity index (χ4v) is 5.41. The Morgan fingerprint density at radius 1 is 1.05 bits per heavy atom. The summed E-state index contributed by atoms with van der Waals surface area (Å²) in [5.41, 5.74) is 11.6. The second-order valence-electron chi connectivity index (χ2n) is 9.41. The van der Waals surface area contributed by atoms with Gasteiger partial charge in [-0.05, 0) is 41.8 Å². The molecule has 37 heavy (non-hydrogen) atoms. The van der Waals surface area contributed by atoms with Crippen LogP contribution in [-0.2, 0) is 4.74 Å². The van der Waals surface area contributed by atoms with Crippen LogP contribution in [0.15, 0.2) is 55.0 Å². The van der Waals surface area contributed by atoms with Gasteiger partial charge in [0.05, 0.1) is 41.2 Å². The lowest BCUT2D eigenvalue weighted by Crippen LogP contribution is -2.58. The highest BCUT2D eigenvalue weighted by atomic mass is 19.1. The molecule has 0 spiro atoms. The third-order valence-corrected chi connectivity index (χ3v) is 7.17. The van der Waals surface area contributed by atoms with Gasteiger partial charge >= 0.3 is 0 Å². The second-order valence-corrected chi connectivity index (χ2v) is 9.41. The molecule has 2 aromatic carbocycles. The maximum Gasteiger partial charge on any atom is 0.126 e. The Morgan fingerprint density at radius 3 is 2.70 bits per heavy atom. The van der Waals surface area contributed by atoms with Crippen molar-refractivity contribution in [1.29, 1.82) is 0 Å². The molecule has 2 atom stereocenters. The van der Waals surface area contributed by atoms with E-state index in [1.807, 2.05) is 18.2 Å². The van der Waals surface area contributed by atoms with Gasteiger partial charge < -0.3 is 20.7 Å². The average molecular weight is 498 g/mol. The number of rotatable bonds is 3. The normalized spacial score (nSPS) is 19.4. The molecule has 3 N–H and O–H groups in total. The van der Waals surface area contributed by atoms with Crippen molar-refractivity contribution < 1.29 is 13.5 Å². The number of nitrogens with zero attached hydrogens (tertiary/aromatic N) is 3. The zero-order valence-corrected chi connectivity index (χ0v) is 20.0. The SMILES string of the molecule is C#Cc1cncc(-c2ccc3ncc(-c4cc(F)cc(F)c4)c(N4CC[C@H]5OCCN[C@@H]5C4)c3c2)c1N. The van der Waals surface area contributed by atoms with Crippen LogP contribution in [0, 0.1) is 24.0 Å². The average Bonchev–Trinajstić information content (AvgIpc) is 2.91. The Morgan fingerprint density at radius 2 is 1.89 bits per heavy atom. The van der Waals surface area contributed by atoms with E-state index in [0.717, 1.165) is 47.7 Å². The van der Waals surface area contributed by atoms with Crippen molar-refractivity contribution in [1.82, 2.24) is 15.3 Å². The maximum atomic E-state index is 14.3. The lowest BCUT2D eigenvalue weighted by molar-refractivity contribution is -0.0134. The summed E-state index contributed by atoms with van der Waals surface area (Å²) < 4.78 is 34.5. The Kier molecular flexibility index (Phi) is 5.95. The Bertz CT molecular complexity index is 1530. The van der Waals surface area contributed by atoms with Gasteiger partial charge in [-0.25, -0.2) is 8.78 Å². The molecule has 2 aliphatic rings. The number of nitrogen functional groups attached to an aromatic ring is 1. The van der Waals surface area contributed by atoms with Crippen LogP contribution >= 0.6 is 0 Å². The maximum absolute atomic E-state index is 14.3. The van der Waals surface area contributed by atoms with Gasteiger partial charge in [-0.2, -0.15) is 0 Å². The molecule has 2 fully saturated rings. The lowest BCUT2D eigenvalue weighted by Gasteiger charge is -2.43. The van der Waals surface area contributed by atoms with Crippen molar-refractivity contribution in [2.45, 2.75) is 18.6 Å². The molecule has 2 aliphatic heterocycles. The first-order valence-electron chi connectivity index (χ1n) is 12.2. The number of pyridine rings is 2. The van der Waals surface area contributed by atoms with Gasteiger partial charge in [-0.15, -0.1) is 6.42 Å². The van der Waals surface area contributed by atoms with Crippen molar-refractivity contribution >= 4 is 22.3 Å². The summed E-state index contributed by atoms with van der Waals surface area (Å²) in [6.45, 7) is 2.90. The Labute approximate surface area is 213 Å². The number of anilines is 2. The third kappa shape index (κ3) is 4.26. The number of hydrogen-bond donors (Lipinski definition) is 2. The number of piperidine rings is 1. The van der Waals surface area contributed by atoms with Gasteiger partial charge in [-0.3, -0.25) is 9.97 Å². The number of nitrogens with one attached hydrogen (secondary N) is 1. The number of ether oxygens (including phenoxy) is 1. The molecule has 4 aromatic rings. The monoisotopic (exact) mass is 497 g/mol. The summed E-state index contributed by atoms with van der Waals surface area (Å²) in [7, 11) is 0. The quantitative estimate of drug-likeness (QED) is 0.410. The number of benzene rings is 2. The minimum Gasteiger partial charge on any atom is -0.397 e. The lowest BCUT2D eigenvalue weighted by atomic mass is 9.94. The molecule has 0 amide bonds. The fraction of sp³-hybridized carbons (Fsp3) is 0.241. The van der Waals surface area contributed by atoms with E-state index in [1.54, 1.807) is 18.6 Å². The molecule has 0 aliphatic carbocycles. The van der Waals surface area contributed by atoms with E-state index in [4.69, 9.17) is 16.9 Å². The highest BCUT2D eigenvalue weighted by molar-refractivity contribution is 6.02. The summed E-state index contributed by atoms with van der Waals surface area (Å²) in [6, 6.07) is 9.55. The Hall–Kier alpha value is -4.06. The minimum absolute atomic E-state index is 0.140. The van der Waals surface area contributed by atoms with E-state index < -0.39 is 11.6 Å². The molecule has 0 radical (unpaired) electrons. The van der Waals surface area contributed by atoms with Crippen LogP contribution in [0.2, 0.25) is 0 Å². The topological polar surface area (TPSA) is 76.3 Å². The number of hydrogen-bond acceptors (Lipinski definition) is 6. The largest absolute Gasteiger partial charge is 0.397 e. The third-order valence-electron chi connectivity index (χ3n) is 7.17. The molecule has 8 heteroatoms. The first kappa shape index (κ1) is 23.3. The van der Waals surface area contributed by atoms with Crippen LogP contribution < -0.4 is 16.0 Å². The highest BCUT2D eigenvalue weighted by Gasteiger charge is 2.33. The van der Waals surface area contributed by atoms with Crippen LogP contribution in [0.4, 0.5) is 20.2 Å². The summed E-state index contributed by atoms with van der Waals surface area (Å²) in [6.07, 6.45) is 11.5. The van der Waals surface area contributed by atoms with Crippen LogP contribution in [0.3, 0.4) is 0 Å². The van der Waals surface area contributed by atoms with Crippen molar-refractivity contribution in [2.75, 3.05) is 36.9 Å². The molecule has 6 nitrogen and oxygen atoms in total. The molecule has 0 bridgehead atoms. The number of fused-ring (bicyclic) bond motifs is 2. The van der Waals surface area contributed by atoms with Gasteiger partial charge in [0.25, 0.3) is 0 Å². The van der Waals surface area contributed by atoms with E-state index >= 15 is 0 Å². The van der Waals surface area contributed by atoms with E-state index in [9.17, 15) is 8.78 Å². The van der Waals surface area contributed by atoms with E-state index in [-0.39, 0.29) is 12.1 Å². The smallest absolute Gasteiger partial charge is 0.126 e. The first-order chi connectivity index (χ1) is 18.0. The minimum atomic E-state index is -0.638. The molecule has 2 saturated heterocycles. The predicted molar refractivity (Wildman–Crippen MR) is 141 cm³/mol. The predicted octanol–water partition coefficient (Wildman–Crippen LogP) is 4.37. The van der Waals surface area contributed by atoms with E-state index in [0.29, 0.717) is 41.1 Å². The summed E-state index contributed by atoms with van der Waals surface area (Å²) in [5.74, 6) is 1.30. The number of nitrogens with two attached hydrogens (primary N) is 1. The Balaban J connectivity index is 1.56. The summed E-state index contributed by atoms with van der Waals surface area (Å²) in [4.78, 5) is 11.2. The number of halogens is 2. The van der Waals surface area contributed by atoms with Crippen LogP contribution in [0.25, 0.3) is 33.2 Å². The molecular formula is C29H25F2N5O. The molecule has 6 rings (SSSR count). The molecule has 186 valence electrons. The second kappa shape index (κ2) is 9.43. The summed E-state index contributed by atoms with van der Waals surface area (Å²) >= 11 is 0. The van der Waals surface area contributed by atoms with Crippen molar-refractivity contribution in [2.24, 2.45) is 0 Å². The molecule has 4 heterocycles.